The number of rotatable bonds is 11. The Morgan fingerprint density at radius 2 is 2.00 bits per heavy atom. The van der Waals surface area contributed by atoms with Crippen LogP contribution in [0.15, 0.2) is 64.6 Å². The van der Waals surface area contributed by atoms with Crippen LogP contribution in [0.25, 0.3) is 5.95 Å². The van der Waals surface area contributed by atoms with E-state index in [1.54, 1.807) is 30.3 Å². The van der Waals surface area contributed by atoms with E-state index in [4.69, 9.17) is 19.7 Å². The molecule has 0 aliphatic carbocycles. The number of H-pyrrole nitrogens is 1. The third-order valence-corrected chi connectivity index (χ3v) is 5.17. The van der Waals surface area contributed by atoms with Crippen LogP contribution in [-0.2, 0) is 0 Å². The molecule has 2 aromatic heterocycles. The molecule has 15 heteroatoms. The molecule has 14 nitrogen and oxygen atoms in total. The van der Waals surface area contributed by atoms with Gasteiger partial charge in [-0.25, -0.2) is 28.9 Å². The Kier molecular flexibility index (Phi) is 8.43. The number of benzene rings is 2. The van der Waals surface area contributed by atoms with Crippen LogP contribution in [0, 0.1) is 5.82 Å². The molecule has 0 aliphatic rings. The van der Waals surface area contributed by atoms with Gasteiger partial charge in [-0.05, 0) is 36.4 Å². The molecule has 0 aliphatic heterocycles. The number of carbonyl (C=O) groups is 1. The van der Waals surface area contributed by atoms with Crippen LogP contribution in [0.4, 0.5) is 20.6 Å². The first-order chi connectivity index (χ1) is 18.9. The lowest BCUT2D eigenvalue weighted by molar-refractivity contribution is 0.195. The van der Waals surface area contributed by atoms with Crippen LogP contribution in [0.1, 0.15) is 17.4 Å². The Bertz CT molecular complexity index is 1510. The zero-order valence-corrected chi connectivity index (χ0v) is 20.4. The summed E-state index contributed by atoms with van der Waals surface area (Å²) < 4.78 is 27.3. The van der Waals surface area contributed by atoms with Crippen LogP contribution in [0.3, 0.4) is 0 Å². The molecule has 0 spiro atoms. The summed E-state index contributed by atoms with van der Waals surface area (Å²) in [6.07, 6.45) is 2.66. The molecule has 0 fully saturated rings. The monoisotopic (exact) mass is 538 g/mol. The number of methoxy groups -OCH3 is 1. The van der Waals surface area contributed by atoms with Gasteiger partial charge in [-0.1, -0.05) is 0 Å². The molecule has 0 saturated carbocycles. The second kappa shape index (κ2) is 12.3. The molecule has 4 aromatic rings. The average molecular weight is 538 g/mol. The van der Waals surface area contributed by atoms with Crippen molar-refractivity contribution in [1.82, 2.24) is 30.0 Å². The molecule has 202 valence electrons. The quantitative estimate of drug-likeness (QED) is 0.139. The first-order valence-corrected chi connectivity index (χ1v) is 11.4. The lowest BCUT2D eigenvalue weighted by Gasteiger charge is -2.21. The van der Waals surface area contributed by atoms with Crippen LogP contribution >= 0.6 is 0 Å². The highest BCUT2D eigenvalue weighted by Gasteiger charge is 2.27. The second-order valence-corrected chi connectivity index (χ2v) is 7.71. The minimum Gasteiger partial charge on any atom is -0.497 e. The summed E-state index contributed by atoms with van der Waals surface area (Å²) in [4.78, 5) is 38.0. The molecule has 1 unspecified atom stereocenters. The number of nitrogens with one attached hydrogen (secondary N) is 3. The van der Waals surface area contributed by atoms with Crippen molar-refractivity contribution in [1.29, 1.82) is 0 Å². The third kappa shape index (κ3) is 6.53. The van der Waals surface area contributed by atoms with Gasteiger partial charge in [0.05, 0.1) is 25.7 Å². The molecule has 0 radical (unpaired) electrons. The van der Waals surface area contributed by atoms with E-state index in [1.807, 2.05) is 5.32 Å². The Labute approximate surface area is 219 Å². The van der Waals surface area contributed by atoms with Gasteiger partial charge in [-0.3, -0.25) is 10.3 Å². The van der Waals surface area contributed by atoms with Crippen molar-refractivity contribution in [3.8, 4) is 17.4 Å². The van der Waals surface area contributed by atoms with Crippen molar-refractivity contribution in [2.45, 2.75) is 6.04 Å². The number of ether oxygens (including phenoxy) is 2. The Balaban J connectivity index is 1.77. The van der Waals surface area contributed by atoms with E-state index < -0.39 is 23.6 Å². The third-order valence-electron chi connectivity index (χ3n) is 5.17. The van der Waals surface area contributed by atoms with E-state index >= 15 is 4.39 Å². The van der Waals surface area contributed by atoms with Gasteiger partial charge in [-0.15, -0.1) is 9.78 Å². The predicted octanol–water partition coefficient (Wildman–Crippen LogP) is 2.00. The summed E-state index contributed by atoms with van der Waals surface area (Å²) in [6.45, 7) is -0.490. The average Bonchev–Trinajstić information content (AvgIpc) is 3.33. The number of hydrogen-bond donors (Lipinski definition) is 5. The van der Waals surface area contributed by atoms with Crippen molar-refractivity contribution in [3.63, 3.8) is 0 Å². The molecule has 1 atom stereocenters. The molecular formula is C24H23FN8O6. The van der Waals surface area contributed by atoms with Gasteiger partial charge in [0.25, 0.3) is 5.95 Å². The number of aliphatic hydroxyl groups is 1. The molecular weight excluding hydrogens is 515 g/mol. The number of anilines is 1. The minimum absolute atomic E-state index is 0.0130. The molecule has 4 rings (SSSR count). The predicted molar refractivity (Wildman–Crippen MR) is 137 cm³/mol. The zero-order chi connectivity index (χ0) is 27.8. The number of halogens is 1. The summed E-state index contributed by atoms with van der Waals surface area (Å²) >= 11 is 0. The van der Waals surface area contributed by atoms with Crippen molar-refractivity contribution >= 4 is 23.8 Å². The van der Waals surface area contributed by atoms with Gasteiger partial charge in [0.15, 0.2) is 17.4 Å². The molecule has 5 N–H and O–H groups in total. The summed E-state index contributed by atoms with van der Waals surface area (Å²) in [5, 5.41) is 27.3. The largest absolute Gasteiger partial charge is 0.497 e. The first kappa shape index (κ1) is 26.7. The van der Waals surface area contributed by atoms with Gasteiger partial charge in [-0.2, -0.15) is 0 Å². The topological polar surface area (TPSA) is 189 Å². The summed E-state index contributed by atoms with van der Waals surface area (Å²) in [5.41, 5.74) is 0.289. The fourth-order valence-electron chi connectivity index (χ4n) is 3.45. The molecule has 39 heavy (non-hydrogen) atoms. The standard InChI is InChI=1S/C24H23FN8O6/c1-38-16-11-17(19(25)18(12-16)39-10-9-34)20(21-31-23(35)33(32-21)22-26-7-2-8-27-22)30-15-5-3-14(4-6-15)28-13-29-24(36)37/h2-8,11-13,20,30,34H,9-10H2,1H3,(H,28,29)(H,36,37)(H,31,32,35). The number of nitrogens with zero attached hydrogens (tertiary/aromatic N) is 5. The van der Waals surface area contributed by atoms with E-state index in [1.165, 1.54) is 31.6 Å². The van der Waals surface area contributed by atoms with Crippen LogP contribution in [0.2, 0.25) is 0 Å². The Morgan fingerprint density at radius 3 is 2.67 bits per heavy atom. The SMILES string of the molecule is COc1cc(OCCO)c(F)c(C(Nc2ccc(N=CNC(=O)O)cc2)c2nn(-c3ncccn3)c(=O)[nH]2)c1. The maximum Gasteiger partial charge on any atom is 0.409 e. The van der Waals surface area contributed by atoms with Crippen molar-refractivity contribution in [3.05, 3.63) is 82.5 Å². The molecule has 2 aromatic carbocycles. The highest BCUT2D eigenvalue weighted by atomic mass is 19.1. The van der Waals surface area contributed by atoms with Crippen LogP contribution in [0.5, 0.6) is 11.5 Å². The lowest BCUT2D eigenvalue weighted by Crippen LogP contribution is -2.18. The number of carboxylic acid groups (broad SMARTS) is 1. The lowest BCUT2D eigenvalue weighted by atomic mass is 10.0. The fraction of sp³-hybridized carbons (Fsp3) is 0.167. The maximum atomic E-state index is 15.7. The molecule has 2 heterocycles. The summed E-state index contributed by atoms with van der Waals surface area (Å²) in [5.74, 6) is -0.641. The van der Waals surface area contributed by atoms with Crippen molar-refractivity contribution in [2.24, 2.45) is 4.99 Å². The highest BCUT2D eigenvalue weighted by molar-refractivity contribution is 5.81. The molecule has 0 saturated heterocycles. The number of aliphatic hydroxyl groups excluding tert-OH is 1. The number of hydrogen-bond acceptors (Lipinski definition) is 10. The Hall–Kier alpha value is -5.31. The number of aliphatic imine (C=N–C) groups is 1. The summed E-state index contributed by atoms with van der Waals surface area (Å²) in [6, 6.07) is 9.70. The fourth-order valence-corrected chi connectivity index (χ4v) is 3.45. The normalized spacial score (nSPS) is 11.8. The van der Waals surface area contributed by atoms with Crippen LogP contribution < -0.4 is 25.8 Å². The molecule has 1 amide bonds. The van der Waals surface area contributed by atoms with Gasteiger partial charge in [0.1, 0.15) is 18.4 Å². The minimum atomic E-state index is -1.25. The second-order valence-electron chi connectivity index (χ2n) is 7.71. The van der Waals surface area contributed by atoms with Gasteiger partial charge >= 0.3 is 11.8 Å². The van der Waals surface area contributed by atoms with E-state index in [0.29, 0.717) is 11.4 Å². The van der Waals surface area contributed by atoms with E-state index in [2.05, 4.69) is 30.4 Å². The van der Waals surface area contributed by atoms with Gasteiger partial charge in [0.2, 0.25) is 0 Å². The number of amides is 1. The summed E-state index contributed by atoms with van der Waals surface area (Å²) in [7, 11) is 1.40. The van der Waals surface area contributed by atoms with Crippen molar-refractivity contribution in [2.75, 3.05) is 25.6 Å². The zero-order valence-electron chi connectivity index (χ0n) is 20.4. The van der Waals surface area contributed by atoms with Crippen molar-refractivity contribution < 1.29 is 28.9 Å². The Morgan fingerprint density at radius 1 is 1.26 bits per heavy atom. The van der Waals surface area contributed by atoms with Gasteiger partial charge in [0, 0.05) is 29.7 Å². The van der Waals surface area contributed by atoms with Gasteiger partial charge < -0.3 is 25.0 Å². The highest BCUT2D eigenvalue weighted by Crippen LogP contribution is 2.35. The molecule has 0 bridgehead atoms. The van der Waals surface area contributed by atoms with Crippen LogP contribution in [-0.4, -0.2) is 67.7 Å². The van der Waals surface area contributed by atoms with E-state index in [-0.39, 0.29) is 42.0 Å². The number of aromatic amines is 1. The smallest absolute Gasteiger partial charge is 0.409 e. The first-order valence-electron chi connectivity index (χ1n) is 11.4. The maximum absolute atomic E-state index is 15.7. The number of aromatic nitrogens is 5. The van der Waals surface area contributed by atoms with E-state index in [9.17, 15) is 9.59 Å². The van der Waals surface area contributed by atoms with E-state index in [0.717, 1.165) is 11.0 Å².